The largest absolute Gasteiger partial charge is 0.343 e. The van der Waals surface area contributed by atoms with Crippen LogP contribution in [0.1, 0.15) is 60.3 Å². The van der Waals surface area contributed by atoms with Crippen molar-refractivity contribution in [2.45, 2.75) is 60.3 Å². The molecule has 0 aromatic rings. The van der Waals surface area contributed by atoms with E-state index in [4.69, 9.17) is 0 Å². The van der Waals surface area contributed by atoms with E-state index < -0.39 is 0 Å². The van der Waals surface area contributed by atoms with Crippen LogP contribution >= 0.6 is 0 Å². The summed E-state index contributed by atoms with van der Waals surface area (Å²) in [5.41, 5.74) is 3.14. The Balaban J connectivity index is 0.00000106. The van der Waals surface area contributed by atoms with Gasteiger partial charge in [-0.05, 0) is 45.2 Å². The van der Waals surface area contributed by atoms with E-state index in [0.29, 0.717) is 0 Å². The SMILES string of the molecule is C=N/C(C)=C1/C(C)=NC=CN1CC1CCC(C)CC1.CC. The molecule has 0 aromatic heterocycles. The van der Waals surface area contributed by atoms with Crippen LogP contribution in [0.2, 0.25) is 0 Å². The molecule has 0 N–H and O–H groups in total. The Labute approximate surface area is 130 Å². The van der Waals surface area contributed by atoms with Gasteiger partial charge in [0.2, 0.25) is 0 Å². The third kappa shape index (κ3) is 4.83. The van der Waals surface area contributed by atoms with Crippen LogP contribution in [0.3, 0.4) is 0 Å². The van der Waals surface area contributed by atoms with E-state index in [9.17, 15) is 0 Å². The molecule has 0 atom stereocenters. The van der Waals surface area contributed by atoms with Gasteiger partial charge in [0.25, 0.3) is 0 Å². The second-order valence-corrected chi connectivity index (χ2v) is 5.88. The zero-order chi connectivity index (χ0) is 15.8. The molecule has 2 rings (SSSR count). The minimum absolute atomic E-state index is 0.791. The van der Waals surface area contributed by atoms with E-state index in [0.717, 1.165) is 35.5 Å². The fraction of sp³-hybridized carbons (Fsp3) is 0.667. The summed E-state index contributed by atoms with van der Waals surface area (Å²) in [4.78, 5) is 10.8. The predicted octanol–water partition coefficient (Wildman–Crippen LogP) is 5.02. The molecule has 1 saturated carbocycles. The van der Waals surface area contributed by atoms with Gasteiger partial charge < -0.3 is 4.90 Å². The fourth-order valence-corrected chi connectivity index (χ4v) is 3.06. The molecule has 2 aliphatic rings. The Bertz CT molecular complexity index is 424. The van der Waals surface area contributed by atoms with Gasteiger partial charge in [0.05, 0.1) is 17.1 Å². The van der Waals surface area contributed by atoms with Gasteiger partial charge in [-0.2, -0.15) is 0 Å². The van der Waals surface area contributed by atoms with Crippen molar-refractivity contribution in [2.75, 3.05) is 6.54 Å². The van der Waals surface area contributed by atoms with Crippen LogP contribution in [0.5, 0.6) is 0 Å². The lowest BCUT2D eigenvalue weighted by atomic mass is 9.82. The lowest BCUT2D eigenvalue weighted by molar-refractivity contribution is 0.247. The maximum absolute atomic E-state index is 4.38. The first-order valence-corrected chi connectivity index (χ1v) is 8.27. The van der Waals surface area contributed by atoms with Crippen LogP contribution in [0, 0.1) is 11.8 Å². The molecule has 0 spiro atoms. The first kappa shape index (κ1) is 17.7. The predicted molar refractivity (Wildman–Crippen MR) is 93.7 cm³/mol. The maximum atomic E-state index is 4.38. The molecular formula is C18H31N3. The molecule has 0 unspecified atom stereocenters. The summed E-state index contributed by atoms with van der Waals surface area (Å²) in [6.07, 6.45) is 9.39. The Morgan fingerprint density at radius 3 is 2.52 bits per heavy atom. The second kappa shape index (κ2) is 8.81. The summed E-state index contributed by atoms with van der Waals surface area (Å²) >= 11 is 0. The smallest absolute Gasteiger partial charge is 0.0837 e. The molecular weight excluding hydrogens is 258 g/mol. The number of allylic oxidation sites excluding steroid dienone is 2. The molecule has 1 heterocycles. The van der Waals surface area contributed by atoms with Crippen molar-refractivity contribution in [3.05, 3.63) is 23.8 Å². The number of rotatable bonds is 3. The van der Waals surface area contributed by atoms with E-state index in [1.807, 2.05) is 33.9 Å². The molecule has 0 aromatic carbocycles. The van der Waals surface area contributed by atoms with Crippen LogP contribution < -0.4 is 0 Å². The lowest BCUT2D eigenvalue weighted by Crippen LogP contribution is -2.31. The zero-order valence-electron chi connectivity index (χ0n) is 14.4. The first-order valence-electron chi connectivity index (χ1n) is 8.27. The minimum atomic E-state index is 0.791. The Kier molecular flexibility index (Phi) is 7.41. The van der Waals surface area contributed by atoms with E-state index >= 15 is 0 Å². The molecule has 1 fully saturated rings. The Hall–Kier alpha value is -1.38. The highest BCUT2D eigenvalue weighted by atomic mass is 15.2. The van der Waals surface area contributed by atoms with Crippen LogP contribution in [-0.4, -0.2) is 23.9 Å². The van der Waals surface area contributed by atoms with Gasteiger partial charge in [0.1, 0.15) is 0 Å². The van der Waals surface area contributed by atoms with E-state index in [2.05, 4.69) is 34.7 Å². The summed E-state index contributed by atoms with van der Waals surface area (Å²) < 4.78 is 0. The number of nitrogens with zero attached hydrogens (tertiary/aromatic N) is 3. The molecule has 1 aliphatic carbocycles. The fourth-order valence-electron chi connectivity index (χ4n) is 3.06. The first-order chi connectivity index (χ1) is 10.1. The lowest BCUT2D eigenvalue weighted by Gasteiger charge is -2.33. The van der Waals surface area contributed by atoms with Crippen molar-refractivity contribution in [3.8, 4) is 0 Å². The van der Waals surface area contributed by atoms with E-state index in [-0.39, 0.29) is 0 Å². The molecule has 1 aliphatic heterocycles. The van der Waals surface area contributed by atoms with Crippen molar-refractivity contribution in [3.63, 3.8) is 0 Å². The van der Waals surface area contributed by atoms with Crippen LogP contribution in [0.4, 0.5) is 0 Å². The molecule has 118 valence electrons. The molecule has 3 nitrogen and oxygen atoms in total. The normalized spacial score (nSPS) is 27.5. The van der Waals surface area contributed by atoms with Crippen molar-refractivity contribution >= 4 is 12.4 Å². The summed E-state index contributed by atoms with van der Waals surface area (Å²) in [7, 11) is 0. The zero-order valence-corrected chi connectivity index (χ0v) is 14.4. The molecule has 0 saturated heterocycles. The monoisotopic (exact) mass is 289 g/mol. The van der Waals surface area contributed by atoms with E-state index in [1.54, 1.807) is 0 Å². The van der Waals surface area contributed by atoms with Gasteiger partial charge in [-0.1, -0.05) is 33.6 Å². The van der Waals surface area contributed by atoms with Gasteiger partial charge in [0.15, 0.2) is 0 Å². The summed E-state index contributed by atoms with van der Waals surface area (Å²) in [6, 6.07) is 0. The topological polar surface area (TPSA) is 28.0 Å². The third-order valence-corrected chi connectivity index (χ3v) is 4.31. The third-order valence-electron chi connectivity index (χ3n) is 4.31. The van der Waals surface area contributed by atoms with Crippen LogP contribution in [0.15, 0.2) is 33.8 Å². The van der Waals surface area contributed by atoms with Gasteiger partial charge in [-0.25, -0.2) is 0 Å². The van der Waals surface area contributed by atoms with Gasteiger partial charge in [-0.3, -0.25) is 9.98 Å². The maximum Gasteiger partial charge on any atom is 0.0837 e. The van der Waals surface area contributed by atoms with Crippen LogP contribution in [-0.2, 0) is 0 Å². The summed E-state index contributed by atoms with van der Waals surface area (Å²) in [5, 5.41) is 0. The average Bonchev–Trinajstić information content (AvgIpc) is 2.51. The highest BCUT2D eigenvalue weighted by molar-refractivity contribution is 5.99. The van der Waals surface area contributed by atoms with Gasteiger partial charge >= 0.3 is 0 Å². The number of aliphatic imine (C=N–C) groups is 2. The Morgan fingerprint density at radius 2 is 1.95 bits per heavy atom. The standard InChI is InChI=1S/C16H25N3.C2H6/c1-12-5-7-15(8-6-12)11-19-10-9-18-14(3)16(19)13(2)17-4;1-2/h9-10,12,15H,4-8,11H2,1-3H3;1-2H3/b16-13-;. The van der Waals surface area contributed by atoms with Crippen molar-refractivity contribution in [1.82, 2.24) is 4.90 Å². The minimum Gasteiger partial charge on any atom is -0.343 e. The van der Waals surface area contributed by atoms with Gasteiger partial charge in [-0.15, -0.1) is 0 Å². The second-order valence-electron chi connectivity index (χ2n) is 5.88. The highest BCUT2D eigenvalue weighted by Crippen LogP contribution is 2.30. The van der Waals surface area contributed by atoms with Gasteiger partial charge in [0, 0.05) is 18.9 Å². The Morgan fingerprint density at radius 1 is 1.33 bits per heavy atom. The number of hydrogen-bond acceptors (Lipinski definition) is 3. The van der Waals surface area contributed by atoms with Crippen molar-refractivity contribution in [2.24, 2.45) is 21.8 Å². The van der Waals surface area contributed by atoms with Crippen molar-refractivity contribution < 1.29 is 0 Å². The van der Waals surface area contributed by atoms with Crippen molar-refractivity contribution in [1.29, 1.82) is 0 Å². The molecule has 21 heavy (non-hydrogen) atoms. The summed E-state index contributed by atoms with van der Waals surface area (Å²) in [6.45, 7) is 15.2. The summed E-state index contributed by atoms with van der Waals surface area (Å²) in [5.74, 6) is 1.70. The van der Waals surface area contributed by atoms with Crippen LogP contribution in [0.25, 0.3) is 0 Å². The molecule has 0 bridgehead atoms. The molecule has 0 radical (unpaired) electrons. The number of hydrogen-bond donors (Lipinski definition) is 0. The molecule has 3 heteroatoms. The van der Waals surface area contributed by atoms with E-state index in [1.165, 1.54) is 25.7 Å². The average molecular weight is 289 g/mol. The quantitative estimate of drug-likeness (QED) is 0.670. The highest BCUT2D eigenvalue weighted by Gasteiger charge is 2.23. The molecule has 0 amide bonds.